The Bertz CT molecular complexity index is 794. The maximum absolute atomic E-state index is 6.04. The van der Waals surface area contributed by atoms with E-state index in [9.17, 15) is 0 Å². The lowest BCUT2D eigenvalue weighted by Crippen LogP contribution is -2.38. The van der Waals surface area contributed by atoms with Crippen LogP contribution in [0.1, 0.15) is 11.1 Å². The Morgan fingerprint density at radius 2 is 1.76 bits per heavy atom. The summed E-state index contributed by atoms with van der Waals surface area (Å²) >= 11 is 6.04. The molecule has 1 saturated heterocycles. The summed E-state index contributed by atoms with van der Waals surface area (Å²) in [6.45, 7) is 6.51. The van der Waals surface area contributed by atoms with Crippen LogP contribution in [0.3, 0.4) is 0 Å². The molecule has 0 saturated carbocycles. The first-order valence-electron chi connectivity index (χ1n) is 9.94. The Hall–Kier alpha value is -2.28. The highest BCUT2D eigenvalue weighted by molar-refractivity contribution is 6.30. The number of benzene rings is 2. The molecule has 0 aliphatic carbocycles. The molecule has 29 heavy (non-hydrogen) atoms. The summed E-state index contributed by atoms with van der Waals surface area (Å²) in [5, 5.41) is 7.37. The number of hydrogen-bond acceptors (Lipinski definition) is 4. The molecule has 6 nitrogen and oxygen atoms in total. The second kappa shape index (κ2) is 11.7. The summed E-state index contributed by atoms with van der Waals surface area (Å²) in [4.78, 5) is 6.64. The van der Waals surface area contributed by atoms with Crippen LogP contribution in [0, 0.1) is 0 Å². The van der Waals surface area contributed by atoms with Crippen molar-refractivity contribution in [3.05, 3.63) is 64.7 Å². The zero-order chi connectivity index (χ0) is 20.3. The van der Waals surface area contributed by atoms with Crippen molar-refractivity contribution in [2.75, 3.05) is 46.5 Å². The van der Waals surface area contributed by atoms with Gasteiger partial charge in [-0.05, 0) is 35.4 Å². The molecule has 2 aromatic rings. The third kappa shape index (κ3) is 7.57. The first-order chi connectivity index (χ1) is 14.2. The smallest absolute Gasteiger partial charge is 0.191 e. The summed E-state index contributed by atoms with van der Waals surface area (Å²) in [5.41, 5.74) is 2.25. The molecule has 0 spiro atoms. The molecule has 0 amide bonds. The van der Waals surface area contributed by atoms with Crippen LogP contribution in [0.25, 0.3) is 0 Å². The summed E-state index contributed by atoms with van der Waals surface area (Å²) in [6, 6.07) is 15.9. The molecule has 1 heterocycles. The number of morpholine rings is 1. The highest BCUT2D eigenvalue weighted by atomic mass is 35.5. The van der Waals surface area contributed by atoms with E-state index >= 15 is 0 Å². The van der Waals surface area contributed by atoms with Crippen molar-refractivity contribution < 1.29 is 9.47 Å². The standard InChI is InChI=1S/C22H29ClN4O2/c1-24-22(25-16-18-4-2-6-20(23)14-18)26-17-19-5-3-7-21(15-19)29-13-10-27-8-11-28-12-9-27/h2-7,14-15H,8-13,16-17H2,1H3,(H2,24,25,26). The lowest BCUT2D eigenvalue weighted by molar-refractivity contribution is 0.0322. The Morgan fingerprint density at radius 1 is 1.07 bits per heavy atom. The van der Waals surface area contributed by atoms with Crippen LogP contribution in [0.5, 0.6) is 5.75 Å². The van der Waals surface area contributed by atoms with Crippen molar-refractivity contribution in [2.24, 2.45) is 4.99 Å². The van der Waals surface area contributed by atoms with Crippen molar-refractivity contribution in [1.82, 2.24) is 15.5 Å². The van der Waals surface area contributed by atoms with Gasteiger partial charge in [0.05, 0.1) is 13.2 Å². The minimum atomic E-state index is 0.658. The monoisotopic (exact) mass is 416 g/mol. The fraction of sp³-hybridized carbons (Fsp3) is 0.409. The van der Waals surface area contributed by atoms with Crippen LogP contribution in [-0.4, -0.2) is 57.4 Å². The maximum atomic E-state index is 6.04. The molecule has 156 valence electrons. The van der Waals surface area contributed by atoms with Gasteiger partial charge >= 0.3 is 0 Å². The molecule has 1 aliphatic rings. The van der Waals surface area contributed by atoms with Gasteiger partial charge in [-0.1, -0.05) is 35.9 Å². The first kappa shape index (κ1) is 21.4. The molecule has 7 heteroatoms. The second-order valence-electron chi connectivity index (χ2n) is 6.86. The Balaban J connectivity index is 1.42. The van der Waals surface area contributed by atoms with Crippen LogP contribution < -0.4 is 15.4 Å². The lowest BCUT2D eigenvalue weighted by atomic mass is 10.2. The third-order valence-electron chi connectivity index (χ3n) is 4.71. The highest BCUT2D eigenvalue weighted by Gasteiger charge is 2.09. The second-order valence-corrected chi connectivity index (χ2v) is 7.30. The molecule has 0 radical (unpaired) electrons. The molecule has 1 fully saturated rings. The van der Waals surface area contributed by atoms with Gasteiger partial charge in [-0.3, -0.25) is 9.89 Å². The van der Waals surface area contributed by atoms with E-state index in [0.29, 0.717) is 19.7 Å². The van der Waals surface area contributed by atoms with E-state index < -0.39 is 0 Å². The van der Waals surface area contributed by atoms with Gasteiger partial charge in [-0.2, -0.15) is 0 Å². The number of halogens is 1. The number of nitrogens with zero attached hydrogens (tertiary/aromatic N) is 2. The van der Waals surface area contributed by atoms with Crippen molar-refractivity contribution in [3.8, 4) is 5.75 Å². The minimum absolute atomic E-state index is 0.658. The number of ether oxygens (including phenoxy) is 2. The van der Waals surface area contributed by atoms with Gasteiger partial charge in [0.25, 0.3) is 0 Å². The van der Waals surface area contributed by atoms with Crippen LogP contribution in [0.2, 0.25) is 5.02 Å². The molecular formula is C22H29ClN4O2. The van der Waals surface area contributed by atoms with Crippen molar-refractivity contribution in [3.63, 3.8) is 0 Å². The van der Waals surface area contributed by atoms with Gasteiger partial charge in [0.15, 0.2) is 5.96 Å². The number of aliphatic imine (C=N–C) groups is 1. The molecule has 0 unspecified atom stereocenters. The van der Waals surface area contributed by atoms with Gasteiger partial charge in [0, 0.05) is 44.8 Å². The Kier molecular flexibility index (Phi) is 8.61. The van der Waals surface area contributed by atoms with Crippen molar-refractivity contribution in [1.29, 1.82) is 0 Å². The summed E-state index contributed by atoms with van der Waals surface area (Å²) < 4.78 is 11.3. The van der Waals surface area contributed by atoms with Gasteiger partial charge in [-0.15, -0.1) is 0 Å². The normalized spacial score (nSPS) is 15.2. The van der Waals surface area contributed by atoms with Crippen molar-refractivity contribution >= 4 is 17.6 Å². The van der Waals surface area contributed by atoms with Crippen LogP contribution in [0.4, 0.5) is 0 Å². The Morgan fingerprint density at radius 3 is 2.45 bits per heavy atom. The molecule has 3 rings (SSSR count). The van der Waals surface area contributed by atoms with Crippen LogP contribution in [-0.2, 0) is 17.8 Å². The van der Waals surface area contributed by atoms with Gasteiger partial charge in [0.2, 0.25) is 0 Å². The number of rotatable bonds is 8. The summed E-state index contributed by atoms with van der Waals surface area (Å²) in [5.74, 6) is 1.63. The van der Waals surface area contributed by atoms with E-state index in [-0.39, 0.29) is 0 Å². The summed E-state index contributed by atoms with van der Waals surface area (Å²) in [6.07, 6.45) is 0. The SMILES string of the molecule is CN=C(NCc1cccc(Cl)c1)NCc1cccc(OCCN2CCOCC2)c1. The molecule has 0 atom stereocenters. The van der Waals surface area contributed by atoms with Crippen molar-refractivity contribution in [2.45, 2.75) is 13.1 Å². The fourth-order valence-corrected chi connectivity index (χ4v) is 3.31. The van der Waals surface area contributed by atoms with Gasteiger partial charge in [-0.25, -0.2) is 0 Å². The molecule has 2 aromatic carbocycles. The fourth-order valence-electron chi connectivity index (χ4n) is 3.10. The lowest BCUT2D eigenvalue weighted by Gasteiger charge is -2.26. The Labute approximate surface area is 177 Å². The average Bonchev–Trinajstić information content (AvgIpc) is 2.75. The predicted octanol–water partition coefficient (Wildman–Crippen LogP) is 2.92. The van der Waals surface area contributed by atoms with E-state index in [1.807, 2.05) is 36.4 Å². The zero-order valence-corrected chi connectivity index (χ0v) is 17.6. The highest BCUT2D eigenvalue weighted by Crippen LogP contribution is 2.14. The van der Waals surface area contributed by atoms with E-state index in [1.54, 1.807) is 7.05 Å². The predicted molar refractivity (Wildman–Crippen MR) is 118 cm³/mol. The largest absolute Gasteiger partial charge is 0.492 e. The van der Waals surface area contributed by atoms with Gasteiger partial charge in [0.1, 0.15) is 12.4 Å². The van der Waals surface area contributed by atoms with E-state index in [2.05, 4.69) is 32.7 Å². The summed E-state index contributed by atoms with van der Waals surface area (Å²) in [7, 11) is 1.76. The maximum Gasteiger partial charge on any atom is 0.191 e. The third-order valence-corrected chi connectivity index (χ3v) is 4.95. The molecule has 0 bridgehead atoms. The molecular weight excluding hydrogens is 388 g/mol. The van der Waals surface area contributed by atoms with Gasteiger partial charge < -0.3 is 20.1 Å². The average molecular weight is 417 g/mol. The number of nitrogens with one attached hydrogen (secondary N) is 2. The first-order valence-corrected chi connectivity index (χ1v) is 10.3. The zero-order valence-electron chi connectivity index (χ0n) is 16.9. The minimum Gasteiger partial charge on any atom is -0.492 e. The topological polar surface area (TPSA) is 58.1 Å². The molecule has 1 aliphatic heterocycles. The van der Waals surface area contributed by atoms with Crippen LogP contribution in [0.15, 0.2) is 53.5 Å². The quantitative estimate of drug-likeness (QED) is 0.512. The van der Waals surface area contributed by atoms with E-state index in [1.165, 1.54) is 0 Å². The van der Waals surface area contributed by atoms with Crippen LogP contribution >= 0.6 is 11.6 Å². The van der Waals surface area contributed by atoms with E-state index in [4.69, 9.17) is 21.1 Å². The molecule has 2 N–H and O–H groups in total. The van der Waals surface area contributed by atoms with E-state index in [0.717, 1.165) is 60.7 Å². The number of guanidine groups is 1. The number of hydrogen-bond donors (Lipinski definition) is 2. The molecule has 0 aromatic heterocycles.